The van der Waals surface area contributed by atoms with Crippen molar-refractivity contribution in [2.24, 2.45) is 5.73 Å². The van der Waals surface area contributed by atoms with Crippen LogP contribution in [0.4, 0.5) is 0 Å². The minimum atomic E-state index is -0.481. The molecule has 1 aromatic heterocycles. The summed E-state index contributed by atoms with van der Waals surface area (Å²) in [4.78, 5) is 11.7. The number of carbonyl (C=O) groups is 1. The summed E-state index contributed by atoms with van der Waals surface area (Å²) in [7, 11) is 1.33. The van der Waals surface area contributed by atoms with Crippen LogP contribution in [0.2, 0.25) is 0 Å². The summed E-state index contributed by atoms with van der Waals surface area (Å²) in [5.41, 5.74) is 10.1. The van der Waals surface area contributed by atoms with Gasteiger partial charge < -0.3 is 10.5 Å². The molecule has 2 N–H and O–H groups in total. The van der Waals surface area contributed by atoms with Crippen molar-refractivity contribution in [3.05, 3.63) is 46.3 Å². The molecule has 6 nitrogen and oxygen atoms in total. The zero-order chi connectivity index (χ0) is 15.4. The van der Waals surface area contributed by atoms with Crippen molar-refractivity contribution in [1.29, 1.82) is 0 Å². The van der Waals surface area contributed by atoms with Gasteiger partial charge in [0.05, 0.1) is 19.3 Å². The van der Waals surface area contributed by atoms with Gasteiger partial charge in [-0.25, -0.2) is 9.48 Å². The first-order valence-electron chi connectivity index (χ1n) is 6.83. The van der Waals surface area contributed by atoms with E-state index in [2.05, 4.69) is 42.4 Å². The highest BCUT2D eigenvalue weighted by Gasteiger charge is 2.19. The molecule has 0 fully saturated rings. The number of esters is 1. The lowest BCUT2D eigenvalue weighted by molar-refractivity contribution is 0.0592. The number of nitrogens with zero attached hydrogens (tertiary/aromatic N) is 3. The van der Waals surface area contributed by atoms with Crippen molar-refractivity contribution in [3.63, 3.8) is 0 Å². The Hall–Kier alpha value is -2.21. The smallest absolute Gasteiger partial charge is 0.360 e. The second kappa shape index (κ2) is 6.49. The summed E-state index contributed by atoms with van der Waals surface area (Å²) in [6.07, 6.45) is 0.530. The van der Waals surface area contributed by atoms with Crippen molar-refractivity contribution in [1.82, 2.24) is 15.0 Å². The number of methoxy groups -OCH3 is 1. The van der Waals surface area contributed by atoms with Gasteiger partial charge in [-0.15, -0.1) is 5.10 Å². The first-order valence-corrected chi connectivity index (χ1v) is 6.83. The van der Waals surface area contributed by atoms with Gasteiger partial charge in [0, 0.05) is 6.42 Å². The van der Waals surface area contributed by atoms with E-state index in [1.54, 1.807) is 4.68 Å². The summed E-state index contributed by atoms with van der Waals surface area (Å²) < 4.78 is 6.45. The minimum absolute atomic E-state index is 0.243. The first-order chi connectivity index (χ1) is 10.0. The topological polar surface area (TPSA) is 83.0 Å². The molecule has 0 aliphatic carbocycles. The van der Waals surface area contributed by atoms with E-state index in [1.165, 1.54) is 18.2 Å². The normalized spacial score (nSPS) is 10.7. The summed E-state index contributed by atoms with van der Waals surface area (Å²) in [5.74, 6) is -0.481. The molecular formula is C15H20N4O2. The Morgan fingerprint density at radius 1 is 1.29 bits per heavy atom. The third kappa shape index (κ3) is 3.46. The fourth-order valence-electron chi connectivity index (χ4n) is 2.43. The van der Waals surface area contributed by atoms with E-state index in [4.69, 9.17) is 10.5 Å². The lowest BCUT2D eigenvalue weighted by Crippen LogP contribution is -2.15. The number of aryl methyl sites for hydroxylation is 2. The van der Waals surface area contributed by atoms with Crippen LogP contribution in [-0.2, 0) is 17.7 Å². The van der Waals surface area contributed by atoms with Crippen LogP contribution in [0.5, 0.6) is 0 Å². The summed E-state index contributed by atoms with van der Waals surface area (Å²) >= 11 is 0. The van der Waals surface area contributed by atoms with Gasteiger partial charge in [0.25, 0.3) is 0 Å². The van der Waals surface area contributed by atoms with Crippen molar-refractivity contribution >= 4 is 5.97 Å². The maximum absolute atomic E-state index is 11.7. The molecular weight excluding hydrogens is 268 g/mol. The molecule has 2 aromatic rings. The molecule has 6 heteroatoms. The van der Waals surface area contributed by atoms with E-state index in [0.717, 1.165) is 5.56 Å². The van der Waals surface area contributed by atoms with Gasteiger partial charge in [0.2, 0.25) is 0 Å². The van der Waals surface area contributed by atoms with Crippen LogP contribution in [0.25, 0.3) is 0 Å². The highest BCUT2D eigenvalue weighted by Crippen LogP contribution is 2.13. The molecule has 0 unspecified atom stereocenters. The predicted molar refractivity (Wildman–Crippen MR) is 79.1 cm³/mol. The lowest BCUT2D eigenvalue weighted by atomic mass is 10.1. The molecule has 1 aromatic carbocycles. The second-order valence-corrected chi connectivity index (χ2v) is 5.07. The van der Waals surface area contributed by atoms with Crippen LogP contribution < -0.4 is 5.73 Å². The lowest BCUT2D eigenvalue weighted by Gasteiger charge is -2.08. The van der Waals surface area contributed by atoms with Crippen LogP contribution in [0, 0.1) is 13.8 Å². The van der Waals surface area contributed by atoms with E-state index in [-0.39, 0.29) is 5.69 Å². The number of ether oxygens (including phenoxy) is 1. The Bertz CT molecular complexity index is 629. The van der Waals surface area contributed by atoms with Gasteiger partial charge >= 0.3 is 5.97 Å². The van der Waals surface area contributed by atoms with Gasteiger partial charge in [-0.1, -0.05) is 34.5 Å². The summed E-state index contributed by atoms with van der Waals surface area (Å²) in [6.45, 7) is 5.09. The van der Waals surface area contributed by atoms with E-state index in [9.17, 15) is 4.79 Å². The number of rotatable bonds is 5. The summed E-state index contributed by atoms with van der Waals surface area (Å²) in [6, 6.07) is 6.31. The highest BCUT2D eigenvalue weighted by molar-refractivity contribution is 5.88. The second-order valence-electron chi connectivity index (χ2n) is 5.07. The van der Waals surface area contributed by atoms with Crippen LogP contribution in [0.15, 0.2) is 18.2 Å². The standard InChI is InChI=1S/C15H20N4O2/c1-10-6-11(2)8-12(7-10)9-19-13(4-5-16)14(17-18-19)15(20)21-3/h6-8H,4-5,9,16H2,1-3H3. The molecule has 21 heavy (non-hydrogen) atoms. The fraction of sp³-hybridized carbons (Fsp3) is 0.400. The zero-order valence-corrected chi connectivity index (χ0v) is 12.6. The zero-order valence-electron chi connectivity index (χ0n) is 12.6. The summed E-state index contributed by atoms with van der Waals surface area (Å²) in [5, 5.41) is 8.00. The van der Waals surface area contributed by atoms with Gasteiger partial charge in [-0.2, -0.15) is 0 Å². The number of carbonyl (C=O) groups excluding carboxylic acids is 1. The average Bonchev–Trinajstić information content (AvgIpc) is 2.80. The largest absolute Gasteiger partial charge is 0.464 e. The first kappa shape index (κ1) is 15.2. The highest BCUT2D eigenvalue weighted by atomic mass is 16.5. The molecule has 1 heterocycles. The molecule has 0 spiro atoms. The fourth-order valence-corrected chi connectivity index (χ4v) is 2.43. The molecule has 0 bridgehead atoms. The van der Waals surface area contributed by atoms with E-state index >= 15 is 0 Å². The number of aromatic nitrogens is 3. The molecule has 0 atom stereocenters. The molecule has 0 amide bonds. The van der Waals surface area contributed by atoms with Crippen molar-refractivity contribution < 1.29 is 9.53 Å². The Morgan fingerprint density at radius 3 is 2.52 bits per heavy atom. The molecule has 112 valence electrons. The number of benzene rings is 1. The van der Waals surface area contributed by atoms with Crippen LogP contribution >= 0.6 is 0 Å². The average molecular weight is 288 g/mol. The molecule has 0 aliphatic rings. The minimum Gasteiger partial charge on any atom is -0.464 e. The van der Waals surface area contributed by atoms with E-state index < -0.39 is 5.97 Å². The van der Waals surface area contributed by atoms with Gasteiger partial charge in [-0.3, -0.25) is 0 Å². The van der Waals surface area contributed by atoms with Crippen molar-refractivity contribution in [3.8, 4) is 0 Å². The molecule has 0 saturated carbocycles. The van der Waals surface area contributed by atoms with E-state index in [0.29, 0.717) is 25.2 Å². The Labute approximate surface area is 123 Å². The van der Waals surface area contributed by atoms with Crippen LogP contribution in [0.1, 0.15) is 32.9 Å². The van der Waals surface area contributed by atoms with E-state index in [1.807, 2.05) is 0 Å². The maximum Gasteiger partial charge on any atom is 0.360 e. The quantitative estimate of drug-likeness (QED) is 0.837. The maximum atomic E-state index is 11.7. The molecule has 2 rings (SSSR count). The molecule has 0 radical (unpaired) electrons. The third-order valence-corrected chi connectivity index (χ3v) is 3.21. The van der Waals surface area contributed by atoms with Gasteiger partial charge in [-0.05, 0) is 26.0 Å². The number of nitrogens with two attached hydrogens (primary N) is 1. The number of hydrogen-bond donors (Lipinski definition) is 1. The SMILES string of the molecule is COC(=O)c1nnn(Cc2cc(C)cc(C)c2)c1CCN. The third-order valence-electron chi connectivity index (χ3n) is 3.21. The molecule has 0 saturated heterocycles. The Kier molecular flexibility index (Phi) is 4.70. The van der Waals surface area contributed by atoms with Crippen LogP contribution in [0.3, 0.4) is 0 Å². The van der Waals surface area contributed by atoms with Crippen molar-refractivity contribution in [2.75, 3.05) is 13.7 Å². The number of hydrogen-bond acceptors (Lipinski definition) is 5. The Morgan fingerprint density at radius 2 is 1.95 bits per heavy atom. The monoisotopic (exact) mass is 288 g/mol. The molecule has 0 aliphatic heterocycles. The van der Waals surface area contributed by atoms with Crippen LogP contribution in [-0.4, -0.2) is 34.6 Å². The van der Waals surface area contributed by atoms with Gasteiger partial charge in [0.1, 0.15) is 0 Å². The van der Waals surface area contributed by atoms with Gasteiger partial charge in [0.15, 0.2) is 5.69 Å². The predicted octanol–water partition coefficient (Wildman–Crippen LogP) is 1.23. The Balaban J connectivity index is 2.35. The van der Waals surface area contributed by atoms with Crippen molar-refractivity contribution in [2.45, 2.75) is 26.8 Å².